The summed E-state index contributed by atoms with van der Waals surface area (Å²) in [4.78, 5) is 25.3. The SMILES string of the molecule is CC(C)(CC(=O)O)CC(=O)NCc1cc2c(s1)CCC2. The van der Waals surface area contributed by atoms with Crippen molar-refractivity contribution in [1.82, 2.24) is 5.32 Å². The molecule has 4 nitrogen and oxygen atoms in total. The molecule has 0 unspecified atom stereocenters. The summed E-state index contributed by atoms with van der Waals surface area (Å²) in [5, 5.41) is 11.7. The highest BCUT2D eigenvalue weighted by atomic mass is 32.1. The Morgan fingerprint density at radius 2 is 2.10 bits per heavy atom. The molecule has 1 aliphatic carbocycles. The van der Waals surface area contributed by atoms with Gasteiger partial charge in [-0.05, 0) is 36.3 Å². The van der Waals surface area contributed by atoms with E-state index in [4.69, 9.17) is 5.11 Å². The van der Waals surface area contributed by atoms with Crippen LogP contribution in [0.2, 0.25) is 0 Å². The average molecular weight is 295 g/mol. The van der Waals surface area contributed by atoms with Gasteiger partial charge in [0.1, 0.15) is 0 Å². The van der Waals surface area contributed by atoms with Crippen LogP contribution in [0.1, 0.15) is 48.4 Å². The lowest BCUT2D eigenvalue weighted by atomic mass is 9.85. The van der Waals surface area contributed by atoms with Gasteiger partial charge in [0.05, 0.1) is 13.0 Å². The molecule has 0 bridgehead atoms. The van der Waals surface area contributed by atoms with Crippen LogP contribution in [0.15, 0.2) is 6.07 Å². The second kappa shape index (κ2) is 5.95. The monoisotopic (exact) mass is 295 g/mol. The van der Waals surface area contributed by atoms with E-state index in [0.717, 1.165) is 6.42 Å². The fourth-order valence-corrected chi connectivity index (χ4v) is 3.83. The molecule has 0 aliphatic heterocycles. The van der Waals surface area contributed by atoms with Gasteiger partial charge in [0, 0.05) is 16.2 Å². The van der Waals surface area contributed by atoms with E-state index in [2.05, 4.69) is 11.4 Å². The van der Waals surface area contributed by atoms with Crippen molar-refractivity contribution in [3.05, 3.63) is 21.4 Å². The fraction of sp³-hybridized carbons (Fsp3) is 0.600. The van der Waals surface area contributed by atoms with Gasteiger partial charge < -0.3 is 10.4 Å². The Kier molecular flexibility index (Phi) is 4.48. The minimum atomic E-state index is -0.863. The summed E-state index contributed by atoms with van der Waals surface area (Å²) in [5.74, 6) is -0.942. The van der Waals surface area contributed by atoms with Crippen LogP contribution in [0.4, 0.5) is 0 Å². The molecule has 110 valence electrons. The summed E-state index contributed by atoms with van der Waals surface area (Å²) in [7, 11) is 0. The van der Waals surface area contributed by atoms with Crippen LogP contribution in [0.3, 0.4) is 0 Å². The van der Waals surface area contributed by atoms with Crippen LogP contribution in [-0.4, -0.2) is 17.0 Å². The smallest absolute Gasteiger partial charge is 0.303 e. The minimum Gasteiger partial charge on any atom is -0.481 e. The van der Waals surface area contributed by atoms with Crippen molar-refractivity contribution in [3.8, 4) is 0 Å². The molecule has 0 saturated carbocycles. The molecule has 0 aromatic carbocycles. The maximum Gasteiger partial charge on any atom is 0.303 e. The quantitative estimate of drug-likeness (QED) is 0.848. The average Bonchev–Trinajstić information content (AvgIpc) is 2.83. The van der Waals surface area contributed by atoms with Gasteiger partial charge in [-0.25, -0.2) is 0 Å². The van der Waals surface area contributed by atoms with Crippen LogP contribution in [-0.2, 0) is 29.0 Å². The first-order valence-electron chi connectivity index (χ1n) is 6.95. The van der Waals surface area contributed by atoms with Crippen LogP contribution in [0, 0.1) is 5.41 Å². The predicted molar refractivity (Wildman–Crippen MR) is 78.8 cm³/mol. The normalized spacial score (nSPS) is 14.1. The number of thiophene rings is 1. The molecule has 0 spiro atoms. The van der Waals surface area contributed by atoms with Crippen LogP contribution in [0.5, 0.6) is 0 Å². The lowest BCUT2D eigenvalue weighted by molar-refractivity contribution is -0.139. The highest BCUT2D eigenvalue weighted by Crippen LogP contribution is 2.30. The van der Waals surface area contributed by atoms with Crippen molar-refractivity contribution in [2.75, 3.05) is 0 Å². The van der Waals surface area contributed by atoms with E-state index >= 15 is 0 Å². The zero-order chi connectivity index (χ0) is 14.8. The van der Waals surface area contributed by atoms with Crippen molar-refractivity contribution in [2.24, 2.45) is 5.41 Å². The Morgan fingerprint density at radius 1 is 1.35 bits per heavy atom. The van der Waals surface area contributed by atoms with Gasteiger partial charge >= 0.3 is 5.97 Å². The lowest BCUT2D eigenvalue weighted by Crippen LogP contribution is -2.29. The lowest BCUT2D eigenvalue weighted by Gasteiger charge is -2.21. The van der Waals surface area contributed by atoms with E-state index in [1.165, 1.54) is 28.2 Å². The number of nitrogens with one attached hydrogen (secondary N) is 1. The third-order valence-corrected chi connectivity index (χ3v) is 4.76. The molecule has 0 radical (unpaired) electrons. The number of carbonyl (C=O) groups is 2. The molecule has 1 aromatic rings. The third kappa shape index (κ3) is 4.07. The molecule has 0 fully saturated rings. The molecule has 0 atom stereocenters. The third-order valence-electron chi connectivity index (χ3n) is 3.53. The van der Waals surface area contributed by atoms with E-state index < -0.39 is 11.4 Å². The standard InChI is InChI=1S/C15H21NO3S/c1-15(2,8-14(18)19)7-13(17)16-9-11-6-10-4-3-5-12(10)20-11/h6H,3-5,7-9H2,1-2H3,(H,16,17)(H,18,19). The van der Waals surface area contributed by atoms with Crippen LogP contribution in [0.25, 0.3) is 0 Å². The molecular formula is C15H21NO3S. The van der Waals surface area contributed by atoms with E-state index in [-0.39, 0.29) is 18.7 Å². The number of rotatable bonds is 6. The summed E-state index contributed by atoms with van der Waals surface area (Å²) in [6.07, 6.45) is 3.82. The van der Waals surface area contributed by atoms with Crippen molar-refractivity contribution in [3.63, 3.8) is 0 Å². The number of fused-ring (bicyclic) bond motifs is 1. The topological polar surface area (TPSA) is 66.4 Å². The highest BCUT2D eigenvalue weighted by molar-refractivity contribution is 7.12. The molecule has 5 heteroatoms. The van der Waals surface area contributed by atoms with Crippen molar-refractivity contribution >= 4 is 23.2 Å². The molecular weight excluding hydrogens is 274 g/mol. The van der Waals surface area contributed by atoms with E-state index in [0.29, 0.717) is 6.54 Å². The van der Waals surface area contributed by atoms with Gasteiger partial charge in [-0.3, -0.25) is 9.59 Å². The molecule has 1 amide bonds. The first kappa shape index (κ1) is 15.0. The Hall–Kier alpha value is -1.36. The van der Waals surface area contributed by atoms with Gasteiger partial charge in [0.25, 0.3) is 0 Å². The second-order valence-electron chi connectivity index (χ2n) is 6.20. The summed E-state index contributed by atoms with van der Waals surface area (Å²) < 4.78 is 0. The number of aliphatic carboxylic acids is 1. The zero-order valence-corrected chi connectivity index (χ0v) is 12.8. The predicted octanol–water partition coefficient (Wildman–Crippen LogP) is 2.74. The first-order chi connectivity index (χ1) is 9.35. The van der Waals surface area contributed by atoms with E-state index in [9.17, 15) is 9.59 Å². The van der Waals surface area contributed by atoms with Gasteiger partial charge in [0.15, 0.2) is 0 Å². The number of amides is 1. The number of carboxylic acid groups (broad SMARTS) is 1. The van der Waals surface area contributed by atoms with Crippen LogP contribution < -0.4 is 5.32 Å². The van der Waals surface area contributed by atoms with Gasteiger partial charge in [-0.2, -0.15) is 0 Å². The minimum absolute atomic E-state index is 0.00766. The van der Waals surface area contributed by atoms with Gasteiger partial charge in [-0.15, -0.1) is 11.3 Å². The maximum atomic E-state index is 11.9. The van der Waals surface area contributed by atoms with Gasteiger partial charge in [0.2, 0.25) is 5.91 Å². The van der Waals surface area contributed by atoms with Gasteiger partial charge in [-0.1, -0.05) is 13.8 Å². The molecule has 20 heavy (non-hydrogen) atoms. The molecule has 1 aliphatic rings. The number of carbonyl (C=O) groups excluding carboxylic acids is 1. The summed E-state index contributed by atoms with van der Waals surface area (Å²) in [5.41, 5.74) is 0.929. The molecule has 2 N–H and O–H groups in total. The molecule has 2 rings (SSSR count). The van der Waals surface area contributed by atoms with Crippen molar-refractivity contribution in [1.29, 1.82) is 0 Å². The first-order valence-corrected chi connectivity index (χ1v) is 7.76. The maximum absolute atomic E-state index is 11.9. The summed E-state index contributed by atoms with van der Waals surface area (Å²) in [6, 6.07) is 2.19. The number of carboxylic acids is 1. The number of aryl methyl sites for hydroxylation is 2. The van der Waals surface area contributed by atoms with Crippen molar-refractivity contribution in [2.45, 2.75) is 52.5 Å². The highest BCUT2D eigenvalue weighted by Gasteiger charge is 2.25. The summed E-state index contributed by atoms with van der Waals surface area (Å²) in [6.45, 7) is 4.17. The zero-order valence-electron chi connectivity index (χ0n) is 12.0. The van der Waals surface area contributed by atoms with Crippen molar-refractivity contribution < 1.29 is 14.7 Å². The Labute approximate surface area is 123 Å². The molecule has 1 aromatic heterocycles. The van der Waals surface area contributed by atoms with E-state index in [1.54, 1.807) is 25.2 Å². The fourth-order valence-electron chi connectivity index (χ4n) is 2.63. The molecule has 0 saturated heterocycles. The number of hydrogen-bond acceptors (Lipinski definition) is 3. The number of hydrogen-bond donors (Lipinski definition) is 2. The Balaban J connectivity index is 1.81. The Bertz CT molecular complexity index is 498. The second-order valence-corrected chi connectivity index (χ2v) is 7.42. The summed E-state index contributed by atoms with van der Waals surface area (Å²) >= 11 is 1.78. The Morgan fingerprint density at radius 3 is 2.75 bits per heavy atom. The largest absolute Gasteiger partial charge is 0.481 e. The van der Waals surface area contributed by atoms with E-state index in [1.807, 2.05) is 0 Å². The van der Waals surface area contributed by atoms with Crippen LogP contribution >= 0.6 is 11.3 Å². The molecule has 1 heterocycles.